The van der Waals surface area contributed by atoms with Crippen LogP contribution in [0.1, 0.15) is 43.6 Å². The second-order valence-corrected chi connectivity index (χ2v) is 6.95. The van der Waals surface area contributed by atoms with E-state index in [1.54, 1.807) is 6.07 Å². The zero-order valence-electron chi connectivity index (χ0n) is 14.4. The quantitative estimate of drug-likeness (QED) is 0.476. The molecule has 0 atom stereocenters. The van der Waals surface area contributed by atoms with Crippen molar-refractivity contribution >= 4 is 0 Å². The van der Waals surface area contributed by atoms with Gasteiger partial charge in [-0.3, -0.25) is 0 Å². The lowest BCUT2D eigenvalue weighted by atomic mass is 9.79. The van der Waals surface area contributed by atoms with Crippen LogP contribution in [0.2, 0.25) is 0 Å². The first kappa shape index (κ1) is 16.1. The van der Waals surface area contributed by atoms with E-state index in [4.69, 9.17) is 0 Å². The molecular weight excluding hydrogens is 307 g/mol. The third kappa shape index (κ3) is 3.24. The van der Waals surface area contributed by atoms with Gasteiger partial charge in [-0.15, -0.1) is 0 Å². The summed E-state index contributed by atoms with van der Waals surface area (Å²) in [7, 11) is 0. The molecule has 1 aliphatic rings. The first-order valence-corrected chi connectivity index (χ1v) is 9.28. The molecular formula is C24H23F. The fourth-order valence-corrected chi connectivity index (χ4v) is 4.15. The lowest BCUT2D eigenvalue weighted by Gasteiger charge is -2.25. The van der Waals surface area contributed by atoms with Crippen molar-refractivity contribution in [2.24, 2.45) is 0 Å². The maximum atomic E-state index is 15.0. The Kier molecular flexibility index (Phi) is 4.65. The van der Waals surface area contributed by atoms with Gasteiger partial charge in [0.05, 0.1) is 0 Å². The average Bonchev–Trinajstić information content (AvgIpc) is 2.69. The molecule has 0 amide bonds. The fraction of sp³-hybridized carbons (Fsp3) is 0.250. The summed E-state index contributed by atoms with van der Waals surface area (Å²) in [5.74, 6) is 0.370. The van der Waals surface area contributed by atoms with Gasteiger partial charge in [0.15, 0.2) is 0 Å². The molecule has 0 N–H and O–H groups in total. The van der Waals surface area contributed by atoms with Crippen LogP contribution in [0, 0.1) is 5.82 Å². The molecule has 0 heterocycles. The predicted octanol–water partition coefficient (Wildman–Crippen LogP) is 7.21. The summed E-state index contributed by atoms with van der Waals surface area (Å²) in [5.41, 5.74) is 5.23. The Morgan fingerprint density at radius 1 is 0.640 bits per heavy atom. The molecule has 0 unspecified atom stereocenters. The standard InChI is InChI=1S/C24H23F/c25-23-17-9-16-21(19-12-5-2-6-13-19)24(23)22-15-8-7-14-20(22)18-10-3-1-4-11-18/h1,3-4,7-11,14-17,19H,2,5-6,12-13H2. The van der Waals surface area contributed by atoms with E-state index in [1.807, 2.05) is 36.4 Å². The van der Waals surface area contributed by atoms with Crippen molar-refractivity contribution in [2.75, 3.05) is 0 Å². The van der Waals surface area contributed by atoms with Gasteiger partial charge >= 0.3 is 0 Å². The Hall–Kier alpha value is -2.41. The van der Waals surface area contributed by atoms with Crippen molar-refractivity contribution in [1.82, 2.24) is 0 Å². The molecule has 3 aromatic rings. The van der Waals surface area contributed by atoms with Crippen molar-refractivity contribution in [3.8, 4) is 22.3 Å². The first-order valence-electron chi connectivity index (χ1n) is 9.28. The van der Waals surface area contributed by atoms with E-state index in [0.717, 1.165) is 22.3 Å². The molecule has 0 spiro atoms. The molecule has 1 heteroatoms. The minimum Gasteiger partial charge on any atom is -0.206 e. The van der Waals surface area contributed by atoms with Crippen LogP contribution < -0.4 is 0 Å². The second kappa shape index (κ2) is 7.23. The lowest BCUT2D eigenvalue weighted by Crippen LogP contribution is -2.07. The van der Waals surface area contributed by atoms with E-state index >= 15 is 0 Å². The fourth-order valence-electron chi connectivity index (χ4n) is 4.15. The monoisotopic (exact) mass is 330 g/mol. The summed E-state index contributed by atoms with van der Waals surface area (Å²) >= 11 is 0. The van der Waals surface area contributed by atoms with E-state index in [-0.39, 0.29) is 5.82 Å². The van der Waals surface area contributed by atoms with Crippen LogP contribution in [0.15, 0.2) is 72.8 Å². The van der Waals surface area contributed by atoms with Gasteiger partial charge < -0.3 is 0 Å². The average molecular weight is 330 g/mol. The van der Waals surface area contributed by atoms with Gasteiger partial charge in [0.25, 0.3) is 0 Å². The second-order valence-electron chi connectivity index (χ2n) is 6.95. The minimum absolute atomic E-state index is 0.105. The van der Waals surface area contributed by atoms with Gasteiger partial charge in [-0.05, 0) is 47.1 Å². The highest BCUT2D eigenvalue weighted by atomic mass is 19.1. The van der Waals surface area contributed by atoms with Gasteiger partial charge in [0.2, 0.25) is 0 Å². The molecule has 3 aromatic carbocycles. The van der Waals surface area contributed by atoms with E-state index in [2.05, 4.69) is 30.3 Å². The maximum Gasteiger partial charge on any atom is 0.131 e. The van der Waals surface area contributed by atoms with Crippen LogP contribution >= 0.6 is 0 Å². The molecule has 0 bridgehead atoms. The molecule has 4 rings (SSSR count). The highest BCUT2D eigenvalue weighted by Gasteiger charge is 2.22. The van der Waals surface area contributed by atoms with Crippen LogP contribution in [0.4, 0.5) is 4.39 Å². The van der Waals surface area contributed by atoms with E-state index < -0.39 is 0 Å². The molecule has 0 aliphatic heterocycles. The van der Waals surface area contributed by atoms with Gasteiger partial charge in [0, 0.05) is 5.56 Å². The third-order valence-electron chi connectivity index (χ3n) is 5.37. The molecule has 0 radical (unpaired) electrons. The smallest absolute Gasteiger partial charge is 0.131 e. The normalized spacial score (nSPS) is 15.2. The third-order valence-corrected chi connectivity index (χ3v) is 5.37. The molecule has 0 nitrogen and oxygen atoms in total. The van der Waals surface area contributed by atoms with Crippen molar-refractivity contribution < 1.29 is 4.39 Å². The zero-order valence-corrected chi connectivity index (χ0v) is 14.4. The maximum absolute atomic E-state index is 15.0. The van der Waals surface area contributed by atoms with Crippen molar-refractivity contribution in [2.45, 2.75) is 38.0 Å². The van der Waals surface area contributed by atoms with Crippen molar-refractivity contribution in [3.63, 3.8) is 0 Å². The van der Waals surface area contributed by atoms with Crippen LogP contribution in [0.3, 0.4) is 0 Å². The highest BCUT2D eigenvalue weighted by Crippen LogP contribution is 2.42. The molecule has 1 fully saturated rings. The first-order chi connectivity index (χ1) is 12.3. The Labute approximate surface area is 149 Å². The number of halogens is 1. The zero-order chi connectivity index (χ0) is 17.1. The summed E-state index contributed by atoms with van der Waals surface area (Å²) in [6.07, 6.45) is 6.15. The summed E-state index contributed by atoms with van der Waals surface area (Å²) in [6, 6.07) is 24.1. The van der Waals surface area contributed by atoms with E-state index in [1.165, 1.54) is 37.7 Å². The van der Waals surface area contributed by atoms with Gasteiger partial charge in [-0.1, -0.05) is 86.0 Å². The van der Waals surface area contributed by atoms with E-state index in [0.29, 0.717) is 5.92 Å². The summed E-state index contributed by atoms with van der Waals surface area (Å²) in [5, 5.41) is 0. The van der Waals surface area contributed by atoms with Crippen molar-refractivity contribution in [3.05, 3.63) is 84.2 Å². The predicted molar refractivity (Wildman–Crippen MR) is 103 cm³/mol. The number of rotatable bonds is 3. The molecule has 1 aliphatic carbocycles. The van der Waals surface area contributed by atoms with Gasteiger partial charge in [-0.2, -0.15) is 0 Å². The number of hydrogen-bond donors (Lipinski definition) is 0. The van der Waals surface area contributed by atoms with Crippen molar-refractivity contribution in [1.29, 1.82) is 0 Å². The van der Waals surface area contributed by atoms with Crippen LogP contribution in [-0.2, 0) is 0 Å². The summed E-state index contributed by atoms with van der Waals surface area (Å²) in [6.45, 7) is 0. The van der Waals surface area contributed by atoms with Crippen LogP contribution in [-0.4, -0.2) is 0 Å². The largest absolute Gasteiger partial charge is 0.206 e. The molecule has 126 valence electrons. The van der Waals surface area contributed by atoms with Crippen LogP contribution in [0.5, 0.6) is 0 Å². The summed E-state index contributed by atoms with van der Waals surface area (Å²) in [4.78, 5) is 0. The SMILES string of the molecule is Fc1cccc(C2CCCCC2)c1-c1ccccc1-c1ccccc1. The number of hydrogen-bond acceptors (Lipinski definition) is 0. The van der Waals surface area contributed by atoms with Gasteiger partial charge in [-0.25, -0.2) is 4.39 Å². The molecule has 0 aromatic heterocycles. The Morgan fingerprint density at radius 3 is 2.08 bits per heavy atom. The van der Waals surface area contributed by atoms with E-state index in [9.17, 15) is 4.39 Å². The highest BCUT2D eigenvalue weighted by molar-refractivity contribution is 5.85. The molecule has 25 heavy (non-hydrogen) atoms. The molecule has 1 saturated carbocycles. The Morgan fingerprint density at radius 2 is 1.32 bits per heavy atom. The lowest BCUT2D eigenvalue weighted by molar-refractivity contribution is 0.443. The van der Waals surface area contributed by atoms with Crippen LogP contribution in [0.25, 0.3) is 22.3 Å². The Balaban J connectivity index is 1.88. The topological polar surface area (TPSA) is 0 Å². The Bertz CT molecular complexity index is 845. The molecule has 0 saturated heterocycles. The summed E-state index contributed by atoms with van der Waals surface area (Å²) < 4.78 is 15.0. The van der Waals surface area contributed by atoms with Gasteiger partial charge in [0.1, 0.15) is 5.82 Å². The number of benzene rings is 3. The minimum atomic E-state index is -0.105.